The molecule has 1 fully saturated rings. The lowest BCUT2D eigenvalue weighted by atomic mass is 10.1. The number of nitrogens with zero attached hydrogens (tertiary/aromatic N) is 2. The molecule has 0 saturated heterocycles. The van der Waals surface area contributed by atoms with E-state index in [9.17, 15) is 0 Å². The Morgan fingerprint density at radius 1 is 1.33 bits per heavy atom. The molecule has 0 atom stereocenters. The Bertz CT molecular complexity index is 610. The molecule has 112 valence electrons. The summed E-state index contributed by atoms with van der Waals surface area (Å²) in [5, 5.41) is 4.46. The predicted octanol–water partition coefficient (Wildman–Crippen LogP) is 2.57. The normalized spacial score (nSPS) is 14.6. The summed E-state index contributed by atoms with van der Waals surface area (Å²) in [6, 6.07) is 11.2. The molecule has 0 amide bonds. The second kappa shape index (κ2) is 6.41. The average molecular weight is 285 g/mol. The Morgan fingerprint density at radius 2 is 2.14 bits per heavy atom. The molecular weight excluding hydrogens is 262 g/mol. The maximum absolute atomic E-state index is 5.27. The van der Waals surface area contributed by atoms with Crippen LogP contribution < -0.4 is 10.2 Å². The highest BCUT2D eigenvalue weighted by atomic mass is 16.5. The van der Waals surface area contributed by atoms with Gasteiger partial charge in [0.2, 0.25) is 0 Å². The fourth-order valence-corrected chi connectivity index (χ4v) is 2.76. The second-order valence-corrected chi connectivity index (χ2v) is 5.61. The Morgan fingerprint density at radius 3 is 2.86 bits per heavy atom. The van der Waals surface area contributed by atoms with Crippen LogP contribution in [-0.2, 0) is 11.3 Å². The van der Waals surface area contributed by atoms with Crippen LogP contribution in [-0.4, -0.2) is 38.3 Å². The van der Waals surface area contributed by atoms with E-state index in [1.54, 1.807) is 7.11 Å². The van der Waals surface area contributed by atoms with Crippen LogP contribution in [0, 0.1) is 0 Å². The van der Waals surface area contributed by atoms with Gasteiger partial charge in [0.25, 0.3) is 0 Å². The van der Waals surface area contributed by atoms with Crippen molar-refractivity contribution in [2.45, 2.75) is 25.4 Å². The number of anilines is 1. The molecule has 1 N–H and O–H groups in total. The van der Waals surface area contributed by atoms with E-state index in [0.29, 0.717) is 6.04 Å². The number of ether oxygens (including phenoxy) is 1. The van der Waals surface area contributed by atoms with Gasteiger partial charge in [-0.3, -0.25) is 0 Å². The molecule has 1 aliphatic rings. The number of rotatable bonds is 7. The zero-order chi connectivity index (χ0) is 14.7. The molecule has 0 bridgehead atoms. The van der Waals surface area contributed by atoms with Gasteiger partial charge in [0, 0.05) is 37.2 Å². The highest BCUT2D eigenvalue weighted by molar-refractivity contribution is 5.82. The SMILES string of the molecule is CNCc1cc2ccccc2nc1N(CCOC)C1CC1. The van der Waals surface area contributed by atoms with Crippen LogP contribution in [0.3, 0.4) is 0 Å². The quantitative estimate of drug-likeness (QED) is 0.848. The van der Waals surface area contributed by atoms with E-state index >= 15 is 0 Å². The molecule has 0 unspecified atom stereocenters. The number of pyridine rings is 1. The molecule has 4 nitrogen and oxygen atoms in total. The van der Waals surface area contributed by atoms with Crippen molar-refractivity contribution in [1.82, 2.24) is 10.3 Å². The van der Waals surface area contributed by atoms with Gasteiger partial charge in [-0.25, -0.2) is 4.98 Å². The molecule has 4 heteroatoms. The van der Waals surface area contributed by atoms with Crippen molar-refractivity contribution in [3.8, 4) is 0 Å². The van der Waals surface area contributed by atoms with Crippen molar-refractivity contribution in [3.05, 3.63) is 35.9 Å². The third-order valence-electron chi connectivity index (χ3n) is 3.94. The molecule has 2 aromatic rings. The fourth-order valence-electron chi connectivity index (χ4n) is 2.76. The number of fused-ring (bicyclic) bond motifs is 1. The Hall–Kier alpha value is -1.65. The van der Waals surface area contributed by atoms with Gasteiger partial charge in [0.15, 0.2) is 0 Å². The Balaban J connectivity index is 2.02. The van der Waals surface area contributed by atoms with Gasteiger partial charge in [0.1, 0.15) is 5.82 Å². The molecular formula is C17H23N3O. The van der Waals surface area contributed by atoms with Crippen molar-refractivity contribution in [1.29, 1.82) is 0 Å². The summed E-state index contributed by atoms with van der Waals surface area (Å²) in [4.78, 5) is 7.36. The van der Waals surface area contributed by atoms with Crippen LogP contribution >= 0.6 is 0 Å². The zero-order valence-corrected chi connectivity index (χ0v) is 12.8. The number of methoxy groups -OCH3 is 1. The lowest BCUT2D eigenvalue weighted by molar-refractivity contribution is 0.204. The van der Waals surface area contributed by atoms with Crippen LogP contribution in [0.15, 0.2) is 30.3 Å². The van der Waals surface area contributed by atoms with Crippen LogP contribution in [0.25, 0.3) is 10.9 Å². The largest absolute Gasteiger partial charge is 0.383 e. The van der Waals surface area contributed by atoms with Gasteiger partial charge in [-0.15, -0.1) is 0 Å². The number of hydrogen-bond donors (Lipinski definition) is 1. The van der Waals surface area contributed by atoms with E-state index in [4.69, 9.17) is 9.72 Å². The van der Waals surface area contributed by atoms with Gasteiger partial charge in [0.05, 0.1) is 12.1 Å². The van der Waals surface area contributed by atoms with Crippen LogP contribution in [0.4, 0.5) is 5.82 Å². The monoisotopic (exact) mass is 285 g/mol. The van der Waals surface area contributed by atoms with E-state index < -0.39 is 0 Å². The number of benzene rings is 1. The summed E-state index contributed by atoms with van der Waals surface area (Å²) >= 11 is 0. The highest BCUT2D eigenvalue weighted by Crippen LogP contribution is 2.33. The van der Waals surface area contributed by atoms with E-state index in [2.05, 4.69) is 34.5 Å². The summed E-state index contributed by atoms with van der Waals surface area (Å²) in [5.74, 6) is 1.11. The third-order valence-corrected chi connectivity index (χ3v) is 3.94. The minimum Gasteiger partial charge on any atom is -0.383 e. The van der Waals surface area contributed by atoms with E-state index in [-0.39, 0.29) is 0 Å². The molecule has 0 aliphatic heterocycles. The molecule has 1 aromatic heterocycles. The van der Waals surface area contributed by atoms with Crippen LogP contribution in [0.2, 0.25) is 0 Å². The Kier molecular flexibility index (Phi) is 4.36. The molecule has 1 saturated carbocycles. The first-order valence-electron chi connectivity index (χ1n) is 7.62. The van der Waals surface area contributed by atoms with Crippen molar-refractivity contribution in [3.63, 3.8) is 0 Å². The minimum atomic E-state index is 0.629. The van der Waals surface area contributed by atoms with Gasteiger partial charge in [-0.1, -0.05) is 18.2 Å². The van der Waals surface area contributed by atoms with Crippen LogP contribution in [0.5, 0.6) is 0 Å². The lowest BCUT2D eigenvalue weighted by Crippen LogP contribution is -2.31. The smallest absolute Gasteiger partial charge is 0.134 e. The molecule has 21 heavy (non-hydrogen) atoms. The average Bonchev–Trinajstić information content (AvgIpc) is 3.33. The standard InChI is InChI=1S/C17H23N3O/c1-18-12-14-11-13-5-3-4-6-16(13)19-17(14)20(9-10-21-2)15-7-8-15/h3-6,11,15,18H,7-10,12H2,1-2H3. The van der Waals surface area contributed by atoms with Gasteiger partial charge in [-0.2, -0.15) is 0 Å². The molecule has 1 aromatic carbocycles. The van der Waals surface area contributed by atoms with E-state index in [1.807, 2.05) is 13.1 Å². The summed E-state index contributed by atoms with van der Waals surface area (Å²) in [5.41, 5.74) is 2.33. The number of hydrogen-bond acceptors (Lipinski definition) is 4. The second-order valence-electron chi connectivity index (χ2n) is 5.61. The van der Waals surface area contributed by atoms with Gasteiger partial charge in [-0.05, 0) is 32.0 Å². The third kappa shape index (κ3) is 3.17. The number of nitrogens with one attached hydrogen (secondary N) is 1. The first-order chi connectivity index (χ1) is 10.3. The summed E-state index contributed by atoms with van der Waals surface area (Å²) < 4.78 is 5.27. The van der Waals surface area contributed by atoms with Gasteiger partial charge >= 0.3 is 0 Å². The first kappa shape index (κ1) is 14.3. The molecule has 3 rings (SSSR count). The fraction of sp³-hybridized carbons (Fsp3) is 0.471. The number of aromatic nitrogens is 1. The van der Waals surface area contributed by atoms with Crippen LogP contribution in [0.1, 0.15) is 18.4 Å². The maximum Gasteiger partial charge on any atom is 0.134 e. The highest BCUT2D eigenvalue weighted by Gasteiger charge is 2.31. The van der Waals surface area contributed by atoms with Crippen molar-refractivity contribution < 1.29 is 4.74 Å². The van der Waals surface area contributed by atoms with E-state index in [1.165, 1.54) is 23.8 Å². The molecule has 1 aliphatic carbocycles. The van der Waals surface area contributed by atoms with Crippen molar-refractivity contribution in [2.75, 3.05) is 32.2 Å². The van der Waals surface area contributed by atoms with Crippen molar-refractivity contribution in [2.24, 2.45) is 0 Å². The number of para-hydroxylation sites is 1. The minimum absolute atomic E-state index is 0.629. The topological polar surface area (TPSA) is 37.4 Å². The van der Waals surface area contributed by atoms with Gasteiger partial charge < -0.3 is 15.0 Å². The predicted molar refractivity (Wildman–Crippen MR) is 86.8 cm³/mol. The molecule has 0 radical (unpaired) electrons. The lowest BCUT2D eigenvalue weighted by Gasteiger charge is -2.26. The Labute approximate surface area is 126 Å². The maximum atomic E-state index is 5.27. The zero-order valence-electron chi connectivity index (χ0n) is 12.8. The summed E-state index contributed by atoms with van der Waals surface area (Å²) in [7, 11) is 3.74. The molecule has 1 heterocycles. The summed E-state index contributed by atoms with van der Waals surface area (Å²) in [6.45, 7) is 2.48. The molecule has 0 spiro atoms. The van der Waals surface area contributed by atoms with E-state index in [0.717, 1.165) is 31.0 Å². The summed E-state index contributed by atoms with van der Waals surface area (Å²) in [6.07, 6.45) is 2.52. The van der Waals surface area contributed by atoms with Crippen molar-refractivity contribution >= 4 is 16.7 Å². The first-order valence-corrected chi connectivity index (χ1v) is 7.62.